The van der Waals surface area contributed by atoms with Crippen LogP contribution in [0, 0.1) is 5.82 Å². The van der Waals surface area contributed by atoms with E-state index in [-0.39, 0.29) is 30.3 Å². The number of piperidine rings is 1. The highest BCUT2D eigenvalue weighted by atomic mass is 19.1. The average Bonchev–Trinajstić information content (AvgIpc) is 2.45. The van der Waals surface area contributed by atoms with Gasteiger partial charge in [0.25, 0.3) is 5.91 Å². The van der Waals surface area contributed by atoms with Gasteiger partial charge in [-0.25, -0.2) is 4.39 Å². The van der Waals surface area contributed by atoms with Gasteiger partial charge in [-0.1, -0.05) is 19.9 Å². The Morgan fingerprint density at radius 2 is 2.20 bits per heavy atom. The van der Waals surface area contributed by atoms with Crippen molar-refractivity contribution < 1.29 is 14.3 Å². The lowest BCUT2D eigenvalue weighted by atomic mass is 9.98. The number of benzene rings is 1. The van der Waals surface area contributed by atoms with Crippen LogP contribution in [-0.2, 0) is 0 Å². The molecule has 1 aliphatic rings. The summed E-state index contributed by atoms with van der Waals surface area (Å²) in [5, 5.41) is 9.36. The maximum atomic E-state index is 14.0. The monoisotopic (exact) mass is 279 g/mol. The Balaban J connectivity index is 2.22. The Bertz CT molecular complexity index is 487. The van der Waals surface area contributed by atoms with Crippen LogP contribution in [0.3, 0.4) is 0 Å². The average molecular weight is 279 g/mol. The number of amides is 1. The van der Waals surface area contributed by atoms with Crippen LogP contribution in [0.2, 0.25) is 0 Å². The van der Waals surface area contributed by atoms with Crippen molar-refractivity contribution in [2.45, 2.75) is 45.1 Å². The number of carbonyl (C=O) groups is 1. The minimum Gasteiger partial charge on any atom is -0.394 e. The fourth-order valence-corrected chi connectivity index (χ4v) is 2.75. The summed E-state index contributed by atoms with van der Waals surface area (Å²) in [6, 6.07) is 4.55. The van der Waals surface area contributed by atoms with Gasteiger partial charge in [-0.3, -0.25) is 4.79 Å². The topological polar surface area (TPSA) is 40.5 Å². The highest BCUT2D eigenvalue weighted by molar-refractivity contribution is 5.94. The van der Waals surface area contributed by atoms with Gasteiger partial charge in [0.15, 0.2) is 0 Å². The second-order valence-electron chi connectivity index (χ2n) is 5.72. The van der Waals surface area contributed by atoms with Crippen molar-refractivity contribution in [3.8, 4) is 0 Å². The molecule has 1 atom stereocenters. The fraction of sp³-hybridized carbons (Fsp3) is 0.562. The van der Waals surface area contributed by atoms with E-state index in [1.165, 1.54) is 6.07 Å². The van der Waals surface area contributed by atoms with Crippen molar-refractivity contribution in [3.05, 3.63) is 35.1 Å². The lowest BCUT2D eigenvalue weighted by Crippen LogP contribution is -2.45. The molecule has 0 radical (unpaired) electrons. The Hall–Kier alpha value is -1.42. The van der Waals surface area contributed by atoms with Crippen molar-refractivity contribution >= 4 is 5.91 Å². The molecule has 1 aliphatic heterocycles. The van der Waals surface area contributed by atoms with Gasteiger partial charge in [0, 0.05) is 12.1 Å². The lowest BCUT2D eigenvalue weighted by Gasteiger charge is -2.34. The third-order valence-electron chi connectivity index (χ3n) is 3.97. The van der Waals surface area contributed by atoms with E-state index >= 15 is 0 Å². The maximum Gasteiger partial charge on any atom is 0.254 e. The van der Waals surface area contributed by atoms with E-state index in [1.54, 1.807) is 17.0 Å². The van der Waals surface area contributed by atoms with Gasteiger partial charge in [0.1, 0.15) is 5.82 Å². The number of aliphatic hydroxyl groups is 1. The molecular weight excluding hydrogens is 257 g/mol. The third-order valence-corrected chi connectivity index (χ3v) is 3.97. The Morgan fingerprint density at radius 3 is 2.80 bits per heavy atom. The molecule has 1 aromatic carbocycles. The molecule has 1 amide bonds. The SMILES string of the molecule is CC(C)c1ccc(C(=O)N2CCCCC2CO)cc1F. The van der Waals surface area contributed by atoms with Gasteiger partial charge in [0.05, 0.1) is 12.6 Å². The van der Waals surface area contributed by atoms with E-state index < -0.39 is 0 Å². The summed E-state index contributed by atoms with van der Waals surface area (Å²) in [4.78, 5) is 14.1. The molecule has 0 aliphatic carbocycles. The second kappa shape index (κ2) is 6.35. The van der Waals surface area contributed by atoms with Crippen LogP contribution in [0.15, 0.2) is 18.2 Å². The van der Waals surface area contributed by atoms with Crippen LogP contribution in [0.5, 0.6) is 0 Å². The van der Waals surface area contributed by atoms with E-state index in [1.807, 2.05) is 13.8 Å². The smallest absolute Gasteiger partial charge is 0.254 e. The van der Waals surface area contributed by atoms with E-state index in [9.17, 15) is 14.3 Å². The largest absolute Gasteiger partial charge is 0.394 e. The number of hydrogen-bond donors (Lipinski definition) is 1. The first-order valence-corrected chi connectivity index (χ1v) is 7.26. The summed E-state index contributed by atoms with van der Waals surface area (Å²) in [5.41, 5.74) is 0.992. The molecule has 0 saturated carbocycles. The minimum absolute atomic E-state index is 0.0295. The standard InChI is InChI=1S/C16H22FNO2/c1-11(2)14-7-6-12(9-15(14)17)16(20)18-8-4-3-5-13(18)10-19/h6-7,9,11,13,19H,3-5,8,10H2,1-2H3. The van der Waals surface area contributed by atoms with Crippen molar-refractivity contribution in [3.63, 3.8) is 0 Å². The summed E-state index contributed by atoms with van der Waals surface area (Å²) in [6.07, 6.45) is 2.78. The van der Waals surface area contributed by atoms with Crippen molar-refractivity contribution in [1.82, 2.24) is 4.90 Å². The Morgan fingerprint density at radius 1 is 1.45 bits per heavy atom. The van der Waals surface area contributed by atoms with Crippen molar-refractivity contribution in [1.29, 1.82) is 0 Å². The first kappa shape index (κ1) is 15.0. The lowest BCUT2D eigenvalue weighted by molar-refractivity contribution is 0.0502. The minimum atomic E-state index is -0.330. The number of halogens is 1. The van der Waals surface area contributed by atoms with Crippen LogP contribution in [0.4, 0.5) is 4.39 Å². The zero-order valence-electron chi connectivity index (χ0n) is 12.1. The van der Waals surface area contributed by atoms with Crippen molar-refractivity contribution in [2.24, 2.45) is 0 Å². The highest BCUT2D eigenvalue weighted by Gasteiger charge is 2.27. The number of likely N-dealkylation sites (tertiary alicyclic amines) is 1. The molecule has 0 spiro atoms. The number of aliphatic hydroxyl groups excluding tert-OH is 1. The third kappa shape index (κ3) is 3.01. The molecule has 1 N–H and O–H groups in total. The molecular formula is C16H22FNO2. The highest BCUT2D eigenvalue weighted by Crippen LogP contribution is 2.23. The van der Waals surface area contributed by atoms with E-state index in [0.29, 0.717) is 17.7 Å². The molecule has 0 bridgehead atoms. The maximum absolute atomic E-state index is 14.0. The quantitative estimate of drug-likeness (QED) is 0.924. The molecule has 2 rings (SSSR count). The van der Waals surface area contributed by atoms with Crippen LogP contribution < -0.4 is 0 Å². The summed E-state index contributed by atoms with van der Waals surface area (Å²) < 4.78 is 14.0. The second-order valence-corrected chi connectivity index (χ2v) is 5.72. The molecule has 3 nitrogen and oxygen atoms in total. The van der Waals surface area contributed by atoms with Gasteiger partial charge in [0.2, 0.25) is 0 Å². The van der Waals surface area contributed by atoms with Crippen LogP contribution in [0.1, 0.15) is 54.9 Å². The molecule has 0 aromatic heterocycles. The van der Waals surface area contributed by atoms with Crippen molar-refractivity contribution in [2.75, 3.05) is 13.2 Å². The van der Waals surface area contributed by atoms with Gasteiger partial charge in [-0.05, 0) is 42.9 Å². The molecule has 1 heterocycles. The fourth-order valence-electron chi connectivity index (χ4n) is 2.75. The van der Waals surface area contributed by atoms with Crippen LogP contribution in [-0.4, -0.2) is 35.1 Å². The molecule has 1 fully saturated rings. The summed E-state index contributed by atoms with van der Waals surface area (Å²) in [6.45, 7) is 4.45. The van der Waals surface area contributed by atoms with Gasteiger partial charge in [-0.15, -0.1) is 0 Å². The first-order chi connectivity index (χ1) is 9.54. The molecule has 4 heteroatoms. The van der Waals surface area contributed by atoms with Gasteiger partial charge >= 0.3 is 0 Å². The summed E-state index contributed by atoms with van der Waals surface area (Å²) >= 11 is 0. The predicted molar refractivity (Wildman–Crippen MR) is 76.3 cm³/mol. The first-order valence-electron chi connectivity index (χ1n) is 7.26. The molecule has 1 aromatic rings. The summed E-state index contributed by atoms with van der Waals surface area (Å²) in [5.74, 6) is -0.416. The number of nitrogens with zero attached hydrogens (tertiary/aromatic N) is 1. The zero-order valence-corrected chi connectivity index (χ0v) is 12.1. The number of rotatable bonds is 3. The van der Waals surface area contributed by atoms with E-state index in [0.717, 1.165) is 19.3 Å². The molecule has 1 unspecified atom stereocenters. The number of carbonyl (C=O) groups excluding carboxylic acids is 1. The zero-order chi connectivity index (χ0) is 14.7. The normalized spacial score (nSPS) is 19.4. The van der Waals surface area contributed by atoms with Crippen LogP contribution >= 0.6 is 0 Å². The predicted octanol–water partition coefficient (Wildman–Crippen LogP) is 2.94. The molecule has 110 valence electrons. The number of hydrogen-bond acceptors (Lipinski definition) is 2. The van der Waals surface area contributed by atoms with E-state index in [2.05, 4.69) is 0 Å². The molecule has 1 saturated heterocycles. The molecule has 20 heavy (non-hydrogen) atoms. The van der Waals surface area contributed by atoms with Gasteiger partial charge in [-0.2, -0.15) is 0 Å². The van der Waals surface area contributed by atoms with E-state index in [4.69, 9.17) is 0 Å². The Kier molecular flexibility index (Phi) is 4.76. The van der Waals surface area contributed by atoms with Crippen LogP contribution in [0.25, 0.3) is 0 Å². The Labute approximate surface area is 119 Å². The summed E-state index contributed by atoms with van der Waals surface area (Å²) in [7, 11) is 0. The van der Waals surface area contributed by atoms with Gasteiger partial charge < -0.3 is 10.0 Å².